The fourth-order valence-corrected chi connectivity index (χ4v) is 2.45. The Morgan fingerprint density at radius 3 is 2.94 bits per heavy atom. The van der Waals surface area contributed by atoms with Crippen LogP contribution in [-0.2, 0) is 22.5 Å². The van der Waals surface area contributed by atoms with Crippen molar-refractivity contribution in [3.8, 4) is 0 Å². The standard InChI is InChI=1S/C9H10IN3O4/c1-17-7(14)6-2-4-5(12-8(10)11-4)3-13(6)9(15)16/h6H,2-3H2,1H3,(H,11,12)(H,15,16)/t6-/m0/s1. The number of hydrogen-bond donors (Lipinski definition) is 2. The van der Waals surface area contributed by atoms with Crippen LogP contribution in [0.3, 0.4) is 0 Å². The summed E-state index contributed by atoms with van der Waals surface area (Å²) in [4.78, 5) is 30.9. The molecule has 1 aromatic heterocycles. The summed E-state index contributed by atoms with van der Waals surface area (Å²) in [5, 5.41) is 9.07. The molecule has 0 aromatic carbocycles. The number of hydrogen-bond acceptors (Lipinski definition) is 4. The number of nitrogens with one attached hydrogen (secondary N) is 1. The van der Waals surface area contributed by atoms with Gasteiger partial charge in [0.05, 0.1) is 25.0 Å². The molecule has 0 saturated heterocycles. The van der Waals surface area contributed by atoms with E-state index in [9.17, 15) is 9.59 Å². The summed E-state index contributed by atoms with van der Waals surface area (Å²) in [6.07, 6.45) is -0.899. The van der Waals surface area contributed by atoms with Crippen molar-refractivity contribution in [2.24, 2.45) is 0 Å². The Labute approximate surface area is 110 Å². The number of methoxy groups -OCH3 is 1. The highest BCUT2D eigenvalue weighted by atomic mass is 127. The lowest BCUT2D eigenvalue weighted by Gasteiger charge is -2.30. The van der Waals surface area contributed by atoms with E-state index in [-0.39, 0.29) is 13.0 Å². The van der Waals surface area contributed by atoms with E-state index in [0.29, 0.717) is 3.83 Å². The summed E-state index contributed by atoms with van der Waals surface area (Å²) in [7, 11) is 1.24. The van der Waals surface area contributed by atoms with Gasteiger partial charge < -0.3 is 14.8 Å². The number of ether oxygens (including phenoxy) is 1. The maximum Gasteiger partial charge on any atom is 0.408 e. The van der Waals surface area contributed by atoms with Gasteiger partial charge >= 0.3 is 12.1 Å². The Hall–Kier alpha value is -1.32. The molecule has 8 heteroatoms. The SMILES string of the molecule is COC(=O)[C@@H]1Cc2nc(I)[nH]c2CN1C(=O)O. The quantitative estimate of drug-likeness (QED) is 0.571. The van der Waals surface area contributed by atoms with Crippen molar-refractivity contribution >= 4 is 34.7 Å². The van der Waals surface area contributed by atoms with Gasteiger partial charge in [-0.25, -0.2) is 14.6 Å². The second-order valence-electron chi connectivity index (χ2n) is 3.61. The minimum absolute atomic E-state index is 0.125. The van der Waals surface area contributed by atoms with Gasteiger partial charge in [0.25, 0.3) is 0 Å². The smallest absolute Gasteiger partial charge is 0.408 e. The molecule has 17 heavy (non-hydrogen) atoms. The van der Waals surface area contributed by atoms with Crippen LogP contribution < -0.4 is 0 Å². The number of esters is 1. The van der Waals surface area contributed by atoms with Gasteiger partial charge in [0.2, 0.25) is 0 Å². The maximum absolute atomic E-state index is 11.5. The molecule has 0 aliphatic carbocycles. The van der Waals surface area contributed by atoms with Gasteiger partial charge in [-0.05, 0) is 22.6 Å². The molecule has 0 unspecified atom stereocenters. The van der Waals surface area contributed by atoms with Crippen molar-refractivity contribution in [2.75, 3.05) is 7.11 Å². The number of halogens is 1. The summed E-state index contributed by atoms with van der Waals surface area (Å²) in [6, 6.07) is -0.816. The fraction of sp³-hybridized carbons (Fsp3) is 0.444. The summed E-state index contributed by atoms with van der Waals surface area (Å²) in [6.45, 7) is 0.125. The fourth-order valence-electron chi connectivity index (χ4n) is 1.83. The Kier molecular flexibility index (Phi) is 3.22. The third-order valence-electron chi connectivity index (χ3n) is 2.65. The van der Waals surface area contributed by atoms with Crippen molar-refractivity contribution in [2.45, 2.75) is 19.0 Å². The zero-order chi connectivity index (χ0) is 12.6. The first-order chi connectivity index (χ1) is 8.02. The highest BCUT2D eigenvalue weighted by Gasteiger charge is 2.37. The van der Waals surface area contributed by atoms with Gasteiger partial charge in [-0.15, -0.1) is 0 Å². The number of carboxylic acid groups (broad SMARTS) is 1. The van der Waals surface area contributed by atoms with E-state index in [0.717, 1.165) is 16.3 Å². The number of carbonyl (C=O) groups is 2. The van der Waals surface area contributed by atoms with Crippen LogP contribution in [-0.4, -0.2) is 45.2 Å². The Morgan fingerprint density at radius 2 is 2.35 bits per heavy atom. The topological polar surface area (TPSA) is 95.5 Å². The molecule has 1 aliphatic rings. The van der Waals surface area contributed by atoms with E-state index in [1.165, 1.54) is 7.11 Å². The molecule has 0 spiro atoms. The lowest BCUT2D eigenvalue weighted by molar-refractivity contribution is -0.146. The molecule has 1 amide bonds. The number of aromatic amines is 1. The molecule has 1 atom stereocenters. The molecule has 7 nitrogen and oxygen atoms in total. The minimum atomic E-state index is -1.14. The van der Waals surface area contributed by atoms with Crippen LogP contribution >= 0.6 is 22.6 Å². The van der Waals surface area contributed by atoms with E-state index >= 15 is 0 Å². The monoisotopic (exact) mass is 351 g/mol. The number of amides is 1. The summed E-state index contributed by atoms with van der Waals surface area (Å²) >= 11 is 2.01. The Bertz CT molecular complexity index is 473. The number of aromatic nitrogens is 2. The first-order valence-corrected chi connectivity index (χ1v) is 5.91. The first kappa shape index (κ1) is 12.1. The van der Waals surface area contributed by atoms with Crippen LogP contribution in [0.15, 0.2) is 0 Å². The van der Waals surface area contributed by atoms with Gasteiger partial charge in [0.1, 0.15) is 6.04 Å². The predicted octanol–water partition coefficient (Wildman–Crippen LogP) is 0.592. The number of rotatable bonds is 1. The van der Waals surface area contributed by atoms with Crippen LogP contribution in [0, 0.1) is 3.83 Å². The summed E-state index contributed by atoms with van der Waals surface area (Å²) < 4.78 is 5.29. The lowest BCUT2D eigenvalue weighted by atomic mass is 10.0. The molecule has 2 rings (SSSR count). The van der Waals surface area contributed by atoms with Gasteiger partial charge in [0.15, 0.2) is 3.83 Å². The van der Waals surface area contributed by atoms with Crippen molar-refractivity contribution in [1.82, 2.24) is 14.9 Å². The molecule has 1 aliphatic heterocycles. The third-order valence-corrected chi connectivity index (χ3v) is 3.16. The van der Waals surface area contributed by atoms with E-state index in [4.69, 9.17) is 5.11 Å². The molecular formula is C9H10IN3O4. The molecule has 0 saturated carbocycles. The van der Waals surface area contributed by atoms with Crippen molar-refractivity contribution in [3.63, 3.8) is 0 Å². The Morgan fingerprint density at radius 1 is 1.65 bits per heavy atom. The molecule has 0 radical (unpaired) electrons. The average molecular weight is 351 g/mol. The van der Waals surface area contributed by atoms with Crippen molar-refractivity contribution in [1.29, 1.82) is 0 Å². The molecule has 1 aromatic rings. The van der Waals surface area contributed by atoms with Crippen LogP contribution in [0.25, 0.3) is 0 Å². The molecule has 2 heterocycles. The largest absolute Gasteiger partial charge is 0.467 e. The minimum Gasteiger partial charge on any atom is -0.467 e. The normalized spacial score (nSPS) is 18.7. The number of imidazole rings is 1. The Balaban J connectivity index is 2.33. The third kappa shape index (κ3) is 2.21. The van der Waals surface area contributed by atoms with Gasteiger partial charge in [-0.3, -0.25) is 4.90 Å². The zero-order valence-corrected chi connectivity index (χ0v) is 11.1. The van der Waals surface area contributed by atoms with Crippen LogP contribution in [0.2, 0.25) is 0 Å². The molecule has 92 valence electrons. The van der Waals surface area contributed by atoms with Crippen LogP contribution in [0.4, 0.5) is 4.79 Å². The number of nitrogens with zero attached hydrogens (tertiary/aromatic N) is 2. The highest BCUT2D eigenvalue weighted by Crippen LogP contribution is 2.23. The summed E-state index contributed by atoms with van der Waals surface area (Å²) in [5.74, 6) is -0.559. The molecule has 0 bridgehead atoms. The first-order valence-electron chi connectivity index (χ1n) is 4.83. The average Bonchev–Trinajstić information content (AvgIpc) is 2.65. The number of carbonyl (C=O) groups excluding carboxylic acids is 1. The second-order valence-corrected chi connectivity index (χ2v) is 4.63. The maximum atomic E-state index is 11.5. The van der Waals surface area contributed by atoms with Gasteiger partial charge in [0, 0.05) is 6.42 Å². The lowest BCUT2D eigenvalue weighted by Crippen LogP contribution is -2.48. The predicted molar refractivity (Wildman–Crippen MR) is 64.4 cm³/mol. The second kappa shape index (κ2) is 4.51. The number of H-pyrrole nitrogens is 1. The van der Waals surface area contributed by atoms with Gasteiger partial charge in [-0.2, -0.15) is 0 Å². The zero-order valence-electron chi connectivity index (χ0n) is 8.94. The van der Waals surface area contributed by atoms with E-state index in [2.05, 4.69) is 14.7 Å². The van der Waals surface area contributed by atoms with Crippen LogP contribution in [0.5, 0.6) is 0 Å². The van der Waals surface area contributed by atoms with E-state index < -0.39 is 18.1 Å². The van der Waals surface area contributed by atoms with Crippen molar-refractivity contribution in [3.05, 3.63) is 15.2 Å². The molecule has 0 fully saturated rings. The van der Waals surface area contributed by atoms with Crippen LogP contribution in [0.1, 0.15) is 11.4 Å². The molecular weight excluding hydrogens is 341 g/mol. The van der Waals surface area contributed by atoms with Gasteiger partial charge in [-0.1, -0.05) is 0 Å². The van der Waals surface area contributed by atoms with E-state index in [1.807, 2.05) is 22.6 Å². The molecule has 2 N–H and O–H groups in total. The summed E-state index contributed by atoms with van der Waals surface area (Å²) in [5.41, 5.74) is 1.46. The van der Waals surface area contributed by atoms with E-state index in [1.54, 1.807) is 0 Å². The highest BCUT2D eigenvalue weighted by molar-refractivity contribution is 14.1. The van der Waals surface area contributed by atoms with Crippen molar-refractivity contribution < 1.29 is 19.4 Å². The number of fused-ring (bicyclic) bond motifs is 1.